The lowest BCUT2D eigenvalue weighted by Crippen LogP contribution is -2.20. The van der Waals surface area contributed by atoms with E-state index >= 15 is 0 Å². The Bertz CT molecular complexity index is 701. The van der Waals surface area contributed by atoms with Crippen LogP contribution in [-0.4, -0.2) is 21.7 Å². The molecular weight excluding hydrogens is 288 g/mol. The van der Waals surface area contributed by atoms with Crippen LogP contribution in [0.5, 0.6) is 0 Å². The van der Waals surface area contributed by atoms with E-state index in [-0.39, 0.29) is 29.1 Å². The summed E-state index contributed by atoms with van der Waals surface area (Å²) in [5.74, 6) is -1.43. The third kappa shape index (κ3) is 3.03. The van der Waals surface area contributed by atoms with Crippen molar-refractivity contribution in [2.45, 2.75) is 19.8 Å². The summed E-state index contributed by atoms with van der Waals surface area (Å²) < 4.78 is 0. The number of benzene rings is 1. The van der Waals surface area contributed by atoms with Crippen molar-refractivity contribution in [1.82, 2.24) is 5.32 Å². The maximum atomic E-state index is 11.8. The largest absolute Gasteiger partial charge is 0.505 e. The molecule has 22 heavy (non-hydrogen) atoms. The van der Waals surface area contributed by atoms with Crippen LogP contribution in [-0.2, 0) is 9.59 Å². The fourth-order valence-corrected chi connectivity index (χ4v) is 2.06. The Balaban J connectivity index is 2.31. The number of nitro benzene ring substituents is 1. The molecule has 1 aromatic rings. The maximum Gasteiger partial charge on any atom is 0.269 e. The van der Waals surface area contributed by atoms with Crippen LogP contribution in [0.4, 0.5) is 5.69 Å². The Kier molecular flexibility index (Phi) is 4.36. The van der Waals surface area contributed by atoms with Crippen molar-refractivity contribution >= 4 is 23.5 Å². The Labute approximate surface area is 126 Å². The van der Waals surface area contributed by atoms with Crippen molar-refractivity contribution in [1.29, 1.82) is 0 Å². The first-order valence-electron chi connectivity index (χ1n) is 6.68. The van der Waals surface area contributed by atoms with Crippen LogP contribution in [0.15, 0.2) is 41.3 Å². The molecule has 1 heterocycles. The Hall–Kier alpha value is -2.96. The van der Waals surface area contributed by atoms with E-state index in [1.54, 1.807) is 6.92 Å². The number of aliphatic hydroxyl groups is 1. The highest BCUT2D eigenvalue weighted by molar-refractivity contribution is 6.22. The second-order valence-electron chi connectivity index (χ2n) is 4.76. The summed E-state index contributed by atoms with van der Waals surface area (Å²) in [4.78, 5) is 33.6. The SMILES string of the molecule is CCCC(=O)C1=C(O)/C(=C/c2ccc([N+](=O)[O-])cc2)NC1=O. The molecule has 1 aliphatic rings. The highest BCUT2D eigenvalue weighted by atomic mass is 16.6. The minimum Gasteiger partial charge on any atom is -0.505 e. The number of Topliss-reactive ketones (excluding diaryl/α,β-unsaturated/α-hetero) is 1. The van der Waals surface area contributed by atoms with Gasteiger partial charge in [-0.2, -0.15) is 0 Å². The highest BCUT2D eigenvalue weighted by Crippen LogP contribution is 2.23. The summed E-state index contributed by atoms with van der Waals surface area (Å²) in [7, 11) is 0. The molecule has 0 spiro atoms. The number of hydrogen-bond acceptors (Lipinski definition) is 5. The number of ketones is 1. The first kappa shape index (κ1) is 15.4. The first-order valence-corrected chi connectivity index (χ1v) is 6.68. The van der Waals surface area contributed by atoms with Gasteiger partial charge >= 0.3 is 0 Å². The Morgan fingerprint density at radius 3 is 2.55 bits per heavy atom. The third-order valence-electron chi connectivity index (χ3n) is 3.14. The lowest BCUT2D eigenvalue weighted by Gasteiger charge is -1.99. The molecule has 0 unspecified atom stereocenters. The number of nitrogens with one attached hydrogen (secondary N) is 1. The zero-order chi connectivity index (χ0) is 16.3. The van der Waals surface area contributed by atoms with Gasteiger partial charge in [-0.1, -0.05) is 6.92 Å². The van der Waals surface area contributed by atoms with Crippen LogP contribution in [0.2, 0.25) is 0 Å². The molecule has 0 bridgehead atoms. The van der Waals surface area contributed by atoms with Gasteiger partial charge in [-0.25, -0.2) is 0 Å². The summed E-state index contributed by atoms with van der Waals surface area (Å²) >= 11 is 0. The van der Waals surface area contributed by atoms with E-state index < -0.39 is 16.6 Å². The van der Waals surface area contributed by atoms with Crippen LogP contribution in [0.1, 0.15) is 25.3 Å². The number of rotatable bonds is 5. The van der Waals surface area contributed by atoms with E-state index in [0.717, 1.165) is 0 Å². The molecule has 7 nitrogen and oxygen atoms in total. The molecule has 7 heteroatoms. The van der Waals surface area contributed by atoms with Crippen LogP contribution in [0.25, 0.3) is 6.08 Å². The average molecular weight is 302 g/mol. The van der Waals surface area contributed by atoms with Gasteiger partial charge in [-0.15, -0.1) is 0 Å². The van der Waals surface area contributed by atoms with Gasteiger partial charge in [0, 0.05) is 18.6 Å². The maximum absolute atomic E-state index is 11.8. The van der Waals surface area contributed by atoms with E-state index in [0.29, 0.717) is 12.0 Å². The molecule has 0 aromatic heterocycles. The van der Waals surface area contributed by atoms with Crippen molar-refractivity contribution in [2.24, 2.45) is 0 Å². The van der Waals surface area contributed by atoms with Gasteiger partial charge < -0.3 is 10.4 Å². The van der Waals surface area contributed by atoms with Gasteiger partial charge in [0.1, 0.15) is 5.57 Å². The van der Waals surface area contributed by atoms with Crippen LogP contribution in [0, 0.1) is 10.1 Å². The monoisotopic (exact) mass is 302 g/mol. The summed E-state index contributed by atoms with van der Waals surface area (Å²) in [5, 5.41) is 23.0. The number of carbonyl (C=O) groups is 2. The lowest BCUT2D eigenvalue weighted by atomic mass is 10.1. The average Bonchev–Trinajstić information content (AvgIpc) is 2.74. The van der Waals surface area contributed by atoms with Gasteiger partial charge in [-0.05, 0) is 30.2 Å². The first-order chi connectivity index (χ1) is 10.4. The van der Waals surface area contributed by atoms with Crippen molar-refractivity contribution in [3.63, 3.8) is 0 Å². The zero-order valence-electron chi connectivity index (χ0n) is 11.8. The topological polar surface area (TPSA) is 110 Å². The van der Waals surface area contributed by atoms with E-state index in [1.165, 1.54) is 30.3 Å². The Morgan fingerprint density at radius 2 is 2.00 bits per heavy atom. The smallest absolute Gasteiger partial charge is 0.269 e. The minimum absolute atomic E-state index is 0.0591. The predicted octanol–water partition coefficient (Wildman–Crippen LogP) is 2.25. The van der Waals surface area contributed by atoms with E-state index in [9.17, 15) is 24.8 Å². The number of non-ortho nitro benzene ring substituents is 1. The molecular formula is C15H14N2O5. The second-order valence-corrected chi connectivity index (χ2v) is 4.76. The molecule has 0 saturated heterocycles. The third-order valence-corrected chi connectivity index (χ3v) is 3.14. The van der Waals surface area contributed by atoms with Gasteiger partial charge in [0.25, 0.3) is 11.6 Å². The van der Waals surface area contributed by atoms with Gasteiger partial charge in [0.05, 0.1) is 10.6 Å². The normalized spacial score (nSPS) is 16.0. The van der Waals surface area contributed by atoms with Gasteiger partial charge in [0.2, 0.25) is 0 Å². The fourth-order valence-electron chi connectivity index (χ4n) is 2.06. The highest BCUT2D eigenvalue weighted by Gasteiger charge is 2.31. The standard InChI is InChI=1S/C15H14N2O5/c1-2-3-12(18)13-14(19)11(16-15(13)20)8-9-4-6-10(7-5-9)17(21)22/h4-8,19H,2-3H2,1H3,(H,16,20)/b11-8-. The summed E-state index contributed by atoms with van der Waals surface area (Å²) in [6.45, 7) is 1.80. The molecule has 0 aliphatic carbocycles. The number of hydrogen-bond donors (Lipinski definition) is 2. The van der Waals surface area contributed by atoms with E-state index in [1.807, 2.05) is 0 Å². The second kappa shape index (κ2) is 6.21. The molecule has 114 valence electrons. The quantitative estimate of drug-likeness (QED) is 0.492. The molecule has 0 atom stereocenters. The van der Waals surface area contributed by atoms with Crippen LogP contribution >= 0.6 is 0 Å². The fraction of sp³-hybridized carbons (Fsp3) is 0.200. The molecule has 1 aliphatic heterocycles. The van der Waals surface area contributed by atoms with Crippen LogP contribution in [0.3, 0.4) is 0 Å². The van der Waals surface area contributed by atoms with Gasteiger partial charge in [-0.3, -0.25) is 19.7 Å². The molecule has 2 N–H and O–H groups in total. The predicted molar refractivity (Wildman–Crippen MR) is 78.8 cm³/mol. The summed E-state index contributed by atoms with van der Waals surface area (Å²) in [6.07, 6.45) is 2.20. The van der Waals surface area contributed by atoms with Crippen molar-refractivity contribution in [2.75, 3.05) is 0 Å². The minimum atomic E-state index is -0.635. The zero-order valence-corrected chi connectivity index (χ0v) is 11.8. The van der Waals surface area contributed by atoms with Crippen molar-refractivity contribution in [3.8, 4) is 0 Å². The summed E-state index contributed by atoms with van der Waals surface area (Å²) in [6, 6.07) is 5.59. The van der Waals surface area contributed by atoms with Crippen molar-refractivity contribution in [3.05, 3.63) is 57.0 Å². The number of nitro groups is 1. The number of amides is 1. The number of aliphatic hydroxyl groups excluding tert-OH is 1. The lowest BCUT2D eigenvalue weighted by molar-refractivity contribution is -0.384. The molecule has 0 fully saturated rings. The van der Waals surface area contributed by atoms with Gasteiger partial charge in [0.15, 0.2) is 11.5 Å². The molecule has 0 saturated carbocycles. The summed E-state index contributed by atoms with van der Waals surface area (Å²) in [5.41, 5.74) is 0.362. The number of nitrogens with zero attached hydrogens (tertiary/aromatic N) is 1. The Morgan fingerprint density at radius 1 is 1.36 bits per heavy atom. The molecule has 1 aromatic carbocycles. The molecule has 2 rings (SSSR count). The van der Waals surface area contributed by atoms with Crippen molar-refractivity contribution < 1.29 is 19.6 Å². The number of carbonyl (C=O) groups excluding carboxylic acids is 2. The molecule has 1 amide bonds. The molecule has 0 radical (unpaired) electrons. The van der Waals surface area contributed by atoms with Crippen LogP contribution < -0.4 is 5.32 Å². The van der Waals surface area contributed by atoms with E-state index in [2.05, 4.69) is 5.32 Å². The van der Waals surface area contributed by atoms with E-state index in [4.69, 9.17) is 0 Å².